The molecule has 0 bridgehead atoms. The van der Waals surface area contributed by atoms with Crippen molar-refractivity contribution in [3.05, 3.63) is 42.0 Å². The van der Waals surface area contributed by atoms with Crippen molar-refractivity contribution < 1.29 is 9.78 Å². The Morgan fingerprint density at radius 2 is 2.30 bits per heavy atom. The molecule has 3 unspecified atom stereocenters. The standard InChI is InChI=1S/C15H21N3O2/c1-3-19-20-11(2)15-14-9-16-8-12-6-4-5-7-13(12)18(14)10-17-15/h4-7,10-13,16H,3,8-9H2,1-2H3. The number of aromatic nitrogens is 2. The van der Waals surface area contributed by atoms with Crippen molar-refractivity contribution in [1.29, 1.82) is 0 Å². The Labute approximate surface area is 119 Å². The first kappa shape index (κ1) is 13.5. The number of rotatable bonds is 4. The molecule has 5 heteroatoms. The number of hydrogen-bond donors (Lipinski definition) is 1. The van der Waals surface area contributed by atoms with Gasteiger partial charge in [-0.25, -0.2) is 14.8 Å². The molecule has 0 amide bonds. The number of hydrogen-bond acceptors (Lipinski definition) is 4. The van der Waals surface area contributed by atoms with Crippen LogP contribution >= 0.6 is 0 Å². The normalized spacial score (nSPS) is 25.9. The van der Waals surface area contributed by atoms with E-state index in [0.717, 1.165) is 18.8 Å². The smallest absolute Gasteiger partial charge is 0.134 e. The molecule has 0 radical (unpaired) electrons. The van der Waals surface area contributed by atoms with Gasteiger partial charge in [0, 0.05) is 19.0 Å². The van der Waals surface area contributed by atoms with Crippen LogP contribution in [0.2, 0.25) is 0 Å². The Morgan fingerprint density at radius 3 is 3.15 bits per heavy atom. The topological polar surface area (TPSA) is 48.3 Å². The van der Waals surface area contributed by atoms with Gasteiger partial charge in [0.25, 0.3) is 0 Å². The Hall–Kier alpha value is -1.43. The molecule has 5 nitrogen and oxygen atoms in total. The van der Waals surface area contributed by atoms with Crippen molar-refractivity contribution in [1.82, 2.24) is 14.9 Å². The van der Waals surface area contributed by atoms with Crippen LogP contribution in [0.3, 0.4) is 0 Å². The second kappa shape index (κ2) is 5.91. The van der Waals surface area contributed by atoms with Crippen LogP contribution in [-0.4, -0.2) is 22.7 Å². The molecule has 1 aliphatic carbocycles. The van der Waals surface area contributed by atoms with Gasteiger partial charge in [-0.1, -0.05) is 24.3 Å². The zero-order chi connectivity index (χ0) is 13.9. The minimum atomic E-state index is -0.160. The van der Waals surface area contributed by atoms with Crippen molar-refractivity contribution in [3.8, 4) is 0 Å². The SMILES string of the molecule is CCOOC(C)c1ncn2c1CNCC1C=CC=CC12. The molecule has 1 aromatic heterocycles. The molecular formula is C15H21N3O2. The first-order valence-corrected chi connectivity index (χ1v) is 7.20. The van der Waals surface area contributed by atoms with Crippen LogP contribution in [0.4, 0.5) is 0 Å². The minimum Gasteiger partial charge on any atom is -0.325 e. The van der Waals surface area contributed by atoms with Crippen LogP contribution in [0, 0.1) is 5.92 Å². The van der Waals surface area contributed by atoms with Gasteiger partial charge in [-0.3, -0.25) is 0 Å². The molecule has 0 aromatic carbocycles. The quantitative estimate of drug-likeness (QED) is 0.676. The van der Waals surface area contributed by atoms with Gasteiger partial charge in [0.15, 0.2) is 0 Å². The monoisotopic (exact) mass is 275 g/mol. The van der Waals surface area contributed by atoms with Crippen LogP contribution in [-0.2, 0) is 16.3 Å². The van der Waals surface area contributed by atoms with E-state index in [4.69, 9.17) is 9.78 Å². The Bertz CT molecular complexity index is 521. The molecular weight excluding hydrogens is 254 g/mol. The third kappa shape index (κ3) is 2.44. The van der Waals surface area contributed by atoms with Gasteiger partial charge >= 0.3 is 0 Å². The highest BCUT2D eigenvalue weighted by molar-refractivity contribution is 5.24. The van der Waals surface area contributed by atoms with E-state index in [9.17, 15) is 0 Å². The van der Waals surface area contributed by atoms with E-state index in [0.29, 0.717) is 18.6 Å². The molecule has 20 heavy (non-hydrogen) atoms. The summed E-state index contributed by atoms with van der Waals surface area (Å²) in [5.74, 6) is 0.478. The van der Waals surface area contributed by atoms with Crippen molar-refractivity contribution in [2.24, 2.45) is 5.92 Å². The molecule has 2 heterocycles. The second-order valence-corrected chi connectivity index (χ2v) is 5.18. The maximum absolute atomic E-state index is 5.34. The van der Waals surface area contributed by atoms with Gasteiger partial charge in [0.2, 0.25) is 0 Å². The molecule has 3 rings (SSSR count). The maximum atomic E-state index is 5.34. The summed E-state index contributed by atoms with van der Waals surface area (Å²) in [6.07, 6.45) is 10.5. The number of fused-ring (bicyclic) bond motifs is 3. The van der Waals surface area contributed by atoms with Gasteiger partial charge in [0.1, 0.15) is 6.10 Å². The summed E-state index contributed by atoms with van der Waals surface area (Å²) in [6.45, 7) is 6.21. The fourth-order valence-electron chi connectivity index (χ4n) is 2.88. The lowest BCUT2D eigenvalue weighted by atomic mass is 9.95. The van der Waals surface area contributed by atoms with E-state index < -0.39 is 0 Å². The van der Waals surface area contributed by atoms with Crippen LogP contribution in [0.1, 0.15) is 37.4 Å². The highest BCUT2D eigenvalue weighted by Crippen LogP contribution is 2.31. The predicted octanol–water partition coefficient (Wildman–Crippen LogP) is 2.30. The molecule has 0 spiro atoms. The van der Waals surface area contributed by atoms with E-state index in [1.165, 1.54) is 5.69 Å². The fraction of sp³-hybridized carbons (Fsp3) is 0.533. The number of allylic oxidation sites excluding steroid dienone is 3. The van der Waals surface area contributed by atoms with Crippen LogP contribution in [0.25, 0.3) is 0 Å². The summed E-state index contributed by atoms with van der Waals surface area (Å²) in [4.78, 5) is 14.9. The Kier molecular flexibility index (Phi) is 4.00. The maximum Gasteiger partial charge on any atom is 0.134 e. The van der Waals surface area contributed by atoms with Gasteiger partial charge in [-0.2, -0.15) is 0 Å². The summed E-state index contributed by atoms with van der Waals surface area (Å²) in [5, 5.41) is 3.50. The zero-order valence-electron chi connectivity index (χ0n) is 12.0. The molecule has 1 aliphatic heterocycles. The molecule has 2 aliphatic rings. The fourth-order valence-corrected chi connectivity index (χ4v) is 2.88. The molecule has 0 saturated carbocycles. The highest BCUT2D eigenvalue weighted by Gasteiger charge is 2.28. The Morgan fingerprint density at radius 1 is 1.45 bits per heavy atom. The zero-order valence-corrected chi connectivity index (χ0v) is 12.0. The van der Waals surface area contributed by atoms with E-state index >= 15 is 0 Å². The Balaban J connectivity index is 1.89. The average molecular weight is 275 g/mol. The van der Waals surface area contributed by atoms with Crippen LogP contribution in [0.15, 0.2) is 30.6 Å². The number of nitrogens with one attached hydrogen (secondary N) is 1. The third-order valence-electron chi connectivity index (χ3n) is 3.85. The minimum absolute atomic E-state index is 0.160. The lowest BCUT2D eigenvalue weighted by Gasteiger charge is -2.23. The second-order valence-electron chi connectivity index (χ2n) is 5.18. The summed E-state index contributed by atoms with van der Waals surface area (Å²) < 4.78 is 2.26. The third-order valence-corrected chi connectivity index (χ3v) is 3.85. The lowest BCUT2D eigenvalue weighted by Crippen LogP contribution is -2.23. The average Bonchev–Trinajstić information content (AvgIpc) is 2.80. The molecule has 108 valence electrons. The van der Waals surface area contributed by atoms with Crippen molar-refractivity contribution in [3.63, 3.8) is 0 Å². The van der Waals surface area contributed by atoms with E-state index in [1.807, 2.05) is 20.2 Å². The number of nitrogens with zero attached hydrogens (tertiary/aromatic N) is 2. The summed E-state index contributed by atoms with van der Waals surface area (Å²) in [7, 11) is 0. The number of imidazole rings is 1. The summed E-state index contributed by atoms with van der Waals surface area (Å²) >= 11 is 0. The predicted molar refractivity (Wildman–Crippen MR) is 75.9 cm³/mol. The highest BCUT2D eigenvalue weighted by atomic mass is 17.2. The lowest BCUT2D eigenvalue weighted by molar-refractivity contribution is -0.321. The van der Waals surface area contributed by atoms with Gasteiger partial charge in [-0.05, 0) is 13.8 Å². The molecule has 0 fully saturated rings. The first-order valence-electron chi connectivity index (χ1n) is 7.20. The van der Waals surface area contributed by atoms with E-state index in [-0.39, 0.29) is 6.10 Å². The van der Waals surface area contributed by atoms with Crippen molar-refractivity contribution >= 4 is 0 Å². The van der Waals surface area contributed by atoms with E-state index in [2.05, 4.69) is 39.2 Å². The molecule has 0 saturated heterocycles. The van der Waals surface area contributed by atoms with Crippen LogP contribution < -0.4 is 5.32 Å². The van der Waals surface area contributed by atoms with Crippen molar-refractivity contribution in [2.45, 2.75) is 32.5 Å². The summed E-state index contributed by atoms with van der Waals surface area (Å²) in [5.41, 5.74) is 2.14. The van der Waals surface area contributed by atoms with Gasteiger partial charge in [-0.15, -0.1) is 0 Å². The van der Waals surface area contributed by atoms with Crippen molar-refractivity contribution in [2.75, 3.05) is 13.2 Å². The first-order chi connectivity index (χ1) is 9.81. The van der Waals surface area contributed by atoms with E-state index in [1.54, 1.807) is 0 Å². The molecule has 1 N–H and O–H groups in total. The van der Waals surface area contributed by atoms with Gasteiger partial charge < -0.3 is 9.88 Å². The largest absolute Gasteiger partial charge is 0.325 e. The van der Waals surface area contributed by atoms with Gasteiger partial charge in [0.05, 0.1) is 30.4 Å². The van der Waals surface area contributed by atoms with Crippen LogP contribution in [0.5, 0.6) is 0 Å². The summed E-state index contributed by atoms with van der Waals surface area (Å²) in [6, 6.07) is 0.338. The molecule has 1 aromatic rings. The molecule has 3 atom stereocenters.